The van der Waals surface area contributed by atoms with Crippen molar-refractivity contribution in [3.63, 3.8) is 0 Å². The SMILES string of the molecule is C[C@@H]1CCc2c(sc(NC(=O)c3ccco3)c2C(=O)Nc2ccccc2)C1. The van der Waals surface area contributed by atoms with Gasteiger partial charge in [0.1, 0.15) is 5.00 Å². The van der Waals surface area contributed by atoms with Crippen molar-refractivity contribution in [3.8, 4) is 0 Å². The monoisotopic (exact) mass is 380 g/mol. The van der Waals surface area contributed by atoms with Crippen molar-refractivity contribution in [2.45, 2.75) is 26.2 Å². The number of benzene rings is 1. The van der Waals surface area contributed by atoms with Gasteiger partial charge in [0.2, 0.25) is 0 Å². The summed E-state index contributed by atoms with van der Waals surface area (Å²) in [6, 6.07) is 12.6. The Morgan fingerprint density at radius 2 is 1.89 bits per heavy atom. The van der Waals surface area contributed by atoms with Gasteiger partial charge in [0.15, 0.2) is 5.76 Å². The lowest BCUT2D eigenvalue weighted by atomic mass is 9.88. The van der Waals surface area contributed by atoms with E-state index >= 15 is 0 Å². The van der Waals surface area contributed by atoms with Crippen molar-refractivity contribution in [1.82, 2.24) is 0 Å². The van der Waals surface area contributed by atoms with Crippen LogP contribution in [0.1, 0.15) is 44.7 Å². The Morgan fingerprint density at radius 1 is 1.07 bits per heavy atom. The average molecular weight is 380 g/mol. The molecule has 2 amide bonds. The molecule has 2 N–H and O–H groups in total. The summed E-state index contributed by atoms with van der Waals surface area (Å²) in [6.45, 7) is 2.22. The topological polar surface area (TPSA) is 71.3 Å². The van der Waals surface area contributed by atoms with E-state index in [2.05, 4.69) is 17.6 Å². The number of para-hydroxylation sites is 1. The van der Waals surface area contributed by atoms with Crippen molar-refractivity contribution in [1.29, 1.82) is 0 Å². The summed E-state index contributed by atoms with van der Waals surface area (Å²) < 4.78 is 5.17. The molecule has 1 atom stereocenters. The van der Waals surface area contributed by atoms with Crippen LogP contribution in [0.5, 0.6) is 0 Å². The fraction of sp³-hybridized carbons (Fsp3) is 0.238. The van der Waals surface area contributed by atoms with Crippen molar-refractivity contribution in [2.24, 2.45) is 5.92 Å². The molecule has 138 valence electrons. The van der Waals surface area contributed by atoms with Crippen LogP contribution in [0.25, 0.3) is 0 Å². The zero-order valence-electron chi connectivity index (χ0n) is 15.0. The number of hydrogen-bond acceptors (Lipinski definition) is 4. The van der Waals surface area contributed by atoms with Crippen molar-refractivity contribution in [3.05, 3.63) is 70.5 Å². The molecule has 0 spiro atoms. The van der Waals surface area contributed by atoms with E-state index in [0.717, 1.165) is 30.5 Å². The van der Waals surface area contributed by atoms with E-state index in [4.69, 9.17) is 4.42 Å². The van der Waals surface area contributed by atoms with Crippen molar-refractivity contribution in [2.75, 3.05) is 10.6 Å². The Bertz CT molecular complexity index is 961. The van der Waals surface area contributed by atoms with E-state index < -0.39 is 0 Å². The van der Waals surface area contributed by atoms with Gasteiger partial charge in [0.25, 0.3) is 11.8 Å². The summed E-state index contributed by atoms with van der Waals surface area (Å²) in [5, 5.41) is 6.41. The van der Waals surface area contributed by atoms with Gasteiger partial charge < -0.3 is 15.1 Å². The number of hydrogen-bond donors (Lipinski definition) is 2. The zero-order valence-corrected chi connectivity index (χ0v) is 15.8. The van der Waals surface area contributed by atoms with Crippen LogP contribution < -0.4 is 10.6 Å². The third kappa shape index (κ3) is 3.66. The summed E-state index contributed by atoms with van der Waals surface area (Å²) in [5.74, 6) is 0.266. The maximum atomic E-state index is 13.0. The minimum atomic E-state index is -0.347. The Labute approximate surface area is 161 Å². The molecular formula is C21H20N2O3S. The maximum Gasteiger partial charge on any atom is 0.291 e. The third-order valence-corrected chi connectivity index (χ3v) is 5.91. The molecule has 1 aliphatic carbocycles. The molecule has 2 heterocycles. The van der Waals surface area contributed by atoms with Gasteiger partial charge in [-0.1, -0.05) is 25.1 Å². The van der Waals surface area contributed by atoms with Gasteiger partial charge in [0, 0.05) is 10.6 Å². The average Bonchev–Trinajstić information content (AvgIpc) is 3.29. The second kappa shape index (κ2) is 7.40. The highest BCUT2D eigenvalue weighted by Gasteiger charge is 2.28. The first-order valence-corrected chi connectivity index (χ1v) is 9.79. The van der Waals surface area contributed by atoms with E-state index in [1.165, 1.54) is 22.5 Å². The van der Waals surface area contributed by atoms with E-state index in [1.807, 2.05) is 30.3 Å². The van der Waals surface area contributed by atoms with Crippen LogP contribution in [0, 0.1) is 5.92 Å². The predicted octanol–water partition coefficient (Wildman–Crippen LogP) is 4.97. The lowest BCUT2D eigenvalue weighted by Crippen LogP contribution is -2.19. The van der Waals surface area contributed by atoms with E-state index in [0.29, 0.717) is 16.5 Å². The number of thiophene rings is 1. The van der Waals surface area contributed by atoms with E-state index in [-0.39, 0.29) is 17.6 Å². The molecule has 1 aromatic carbocycles. The zero-order chi connectivity index (χ0) is 18.8. The molecule has 0 radical (unpaired) electrons. The molecule has 6 heteroatoms. The van der Waals surface area contributed by atoms with Crippen molar-refractivity contribution >= 4 is 33.8 Å². The summed E-state index contributed by atoms with van der Waals surface area (Å²) in [7, 11) is 0. The molecule has 5 nitrogen and oxygen atoms in total. The molecule has 0 saturated carbocycles. The highest BCUT2D eigenvalue weighted by atomic mass is 32.1. The van der Waals surface area contributed by atoms with E-state index in [9.17, 15) is 9.59 Å². The van der Waals surface area contributed by atoms with Crippen LogP contribution in [0.3, 0.4) is 0 Å². The first-order valence-electron chi connectivity index (χ1n) is 8.97. The fourth-order valence-corrected chi connectivity index (χ4v) is 4.77. The molecule has 0 aliphatic heterocycles. The standard InChI is InChI=1S/C21H20N2O3S/c1-13-9-10-15-17(12-13)27-21(23-19(24)16-8-5-11-26-16)18(15)20(25)22-14-6-3-2-4-7-14/h2-8,11,13H,9-10,12H2,1H3,(H,22,25)(H,23,24)/t13-/m1/s1. The van der Waals surface area contributed by atoms with Gasteiger partial charge in [-0.25, -0.2) is 0 Å². The molecule has 0 unspecified atom stereocenters. The van der Waals surface area contributed by atoms with Gasteiger partial charge in [-0.2, -0.15) is 0 Å². The van der Waals surface area contributed by atoms with E-state index in [1.54, 1.807) is 12.1 Å². The number of carbonyl (C=O) groups is 2. The van der Waals surface area contributed by atoms with Gasteiger partial charge in [-0.05, 0) is 55.0 Å². The highest BCUT2D eigenvalue weighted by molar-refractivity contribution is 7.17. The number of amides is 2. The van der Waals surface area contributed by atoms with Crippen LogP contribution in [0.2, 0.25) is 0 Å². The van der Waals surface area contributed by atoms with Crippen molar-refractivity contribution < 1.29 is 14.0 Å². The largest absolute Gasteiger partial charge is 0.459 e. The van der Waals surface area contributed by atoms with Gasteiger partial charge in [0.05, 0.1) is 11.8 Å². The Balaban J connectivity index is 1.67. The molecule has 0 fully saturated rings. The molecule has 1 aliphatic rings. The first kappa shape index (κ1) is 17.5. The van der Waals surface area contributed by atoms with Crippen LogP contribution in [0.4, 0.5) is 10.7 Å². The molecule has 27 heavy (non-hydrogen) atoms. The molecular weight excluding hydrogens is 360 g/mol. The third-order valence-electron chi connectivity index (χ3n) is 4.74. The second-order valence-corrected chi connectivity index (χ2v) is 7.91. The lowest BCUT2D eigenvalue weighted by molar-refractivity contribution is 0.0997. The molecule has 4 rings (SSSR count). The molecule has 0 saturated heterocycles. The summed E-state index contributed by atoms with van der Waals surface area (Å²) in [5.41, 5.74) is 2.36. The number of anilines is 2. The van der Waals surface area contributed by atoms with Gasteiger partial charge >= 0.3 is 0 Å². The second-order valence-electron chi connectivity index (χ2n) is 6.81. The molecule has 3 aromatic rings. The first-order chi connectivity index (χ1) is 13.1. The normalized spacial score (nSPS) is 15.8. The number of furan rings is 1. The number of carbonyl (C=O) groups excluding carboxylic acids is 2. The summed E-state index contributed by atoms with van der Waals surface area (Å²) >= 11 is 1.50. The number of fused-ring (bicyclic) bond motifs is 1. The Morgan fingerprint density at radius 3 is 2.63 bits per heavy atom. The lowest BCUT2D eigenvalue weighted by Gasteiger charge is -2.18. The Hall–Kier alpha value is -2.86. The van der Waals surface area contributed by atoms with Crippen LogP contribution in [-0.2, 0) is 12.8 Å². The maximum absolute atomic E-state index is 13.0. The predicted molar refractivity (Wildman–Crippen MR) is 107 cm³/mol. The number of rotatable bonds is 4. The highest BCUT2D eigenvalue weighted by Crippen LogP contribution is 2.40. The summed E-state index contributed by atoms with van der Waals surface area (Å²) in [6.07, 6.45) is 4.28. The summed E-state index contributed by atoms with van der Waals surface area (Å²) in [4.78, 5) is 26.7. The van der Waals surface area contributed by atoms with Crippen LogP contribution >= 0.6 is 11.3 Å². The number of nitrogens with one attached hydrogen (secondary N) is 2. The minimum absolute atomic E-state index is 0.192. The fourth-order valence-electron chi connectivity index (χ4n) is 3.37. The quantitative estimate of drug-likeness (QED) is 0.671. The smallest absolute Gasteiger partial charge is 0.291 e. The minimum Gasteiger partial charge on any atom is -0.459 e. The molecule has 0 bridgehead atoms. The van der Waals surface area contributed by atoms with Crippen LogP contribution in [0.15, 0.2) is 53.1 Å². The molecule has 2 aromatic heterocycles. The van der Waals surface area contributed by atoms with Gasteiger partial charge in [-0.15, -0.1) is 11.3 Å². The Kier molecular flexibility index (Phi) is 4.81. The van der Waals surface area contributed by atoms with Gasteiger partial charge in [-0.3, -0.25) is 9.59 Å². The van der Waals surface area contributed by atoms with Crippen LogP contribution in [-0.4, -0.2) is 11.8 Å².